The van der Waals surface area contributed by atoms with Crippen molar-refractivity contribution >= 4 is 23.5 Å². The standard InChI is InChI=1S/C26H34S2/c1-5-13-21(14-6-1)25(27-23-17-9-3-10-18-23)26(22-15-7-2-8-16-22)28-24-19-11-4-12-20-24/h1-2,5-8,13-16,23-26H,3-4,9-12,17-20H2/t25-,26+. The second-order valence-electron chi connectivity index (χ2n) is 8.45. The molecular formula is C26H34S2. The maximum atomic E-state index is 2.37. The maximum Gasteiger partial charge on any atom is 0.0459 e. The molecule has 2 aliphatic rings. The van der Waals surface area contributed by atoms with E-state index < -0.39 is 0 Å². The van der Waals surface area contributed by atoms with Gasteiger partial charge in [0.05, 0.1) is 0 Å². The van der Waals surface area contributed by atoms with Crippen LogP contribution in [0, 0.1) is 0 Å². The molecule has 150 valence electrons. The van der Waals surface area contributed by atoms with Crippen LogP contribution in [-0.2, 0) is 0 Å². The van der Waals surface area contributed by atoms with Crippen LogP contribution in [0.25, 0.3) is 0 Å². The van der Waals surface area contributed by atoms with Crippen molar-refractivity contribution in [3.05, 3.63) is 71.8 Å². The highest BCUT2D eigenvalue weighted by Crippen LogP contribution is 2.53. The highest BCUT2D eigenvalue weighted by Gasteiger charge is 2.31. The van der Waals surface area contributed by atoms with Gasteiger partial charge in [0.25, 0.3) is 0 Å². The summed E-state index contributed by atoms with van der Waals surface area (Å²) in [7, 11) is 0. The molecule has 2 aliphatic carbocycles. The minimum Gasteiger partial charge on any atom is -0.149 e. The van der Waals surface area contributed by atoms with Crippen molar-refractivity contribution in [2.45, 2.75) is 85.2 Å². The molecule has 0 spiro atoms. The van der Waals surface area contributed by atoms with Gasteiger partial charge in [-0.3, -0.25) is 0 Å². The Kier molecular flexibility index (Phi) is 7.86. The van der Waals surface area contributed by atoms with Crippen molar-refractivity contribution in [1.82, 2.24) is 0 Å². The molecule has 0 N–H and O–H groups in total. The first kappa shape index (κ1) is 20.4. The van der Waals surface area contributed by atoms with Crippen molar-refractivity contribution in [3.63, 3.8) is 0 Å². The van der Waals surface area contributed by atoms with Crippen molar-refractivity contribution in [2.75, 3.05) is 0 Å². The number of thioether (sulfide) groups is 2. The van der Waals surface area contributed by atoms with Crippen LogP contribution in [0.3, 0.4) is 0 Å². The lowest BCUT2D eigenvalue weighted by molar-refractivity contribution is 0.512. The lowest BCUT2D eigenvalue weighted by Crippen LogP contribution is -2.17. The SMILES string of the molecule is c1ccc([C@@H](SC2CCCCC2)[C@@H](SC2CCCCC2)c2ccccc2)cc1. The van der Waals surface area contributed by atoms with Gasteiger partial charge in [-0.1, -0.05) is 99.2 Å². The van der Waals surface area contributed by atoms with Crippen LogP contribution in [0.15, 0.2) is 60.7 Å². The van der Waals surface area contributed by atoms with E-state index in [4.69, 9.17) is 0 Å². The number of hydrogen-bond donors (Lipinski definition) is 0. The van der Waals surface area contributed by atoms with Gasteiger partial charge in [-0.05, 0) is 36.8 Å². The second-order valence-corrected chi connectivity index (χ2v) is 11.3. The summed E-state index contributed by atoms with van der Waals surface area (Å²) in [4.78, 5) is 0. The molecule has 0 aliphatic heterocycles. The van der Waals surface area contributed by atoms with E-state index >= 15 is 0 Å². The topological polar surface area (TPSA) is 0 Å². The summed E-state index contributed by atoms with van der Waals surface area (Å²) in [6.45, 7) is 0. The van der Waals surface area contributed by atoms with Crippen molar-refractivity contribution in [1.29, 1.82) is 0 Å². The van der Waals surface area contributed by atoms with Gasteiger partial charge in [0.2, 0.25) is 0 Å². The number of benzene rings is 2. The second kappa shape index (κ2) is 10.8. The Morgan fingerprint density at radius 2 is 0.857 bits per heavy atom. The Bertz CT molecular complexity index is 611. The van der Waals surface area contributed by atoms with Gasteiger partial charge in [-0.15, -0.1) is 23.5 Å². The van der Waals surface area contributed by atoms with Gasteiger partial charge in [0.15, 0.2) is 0 Å². The zero-order chi connectivity index (χ0) is 19.0. The fourth-order valence-corrected chi connectivity index (χ4v) is 8.41. The molecule has 0 amide bonds. The van der Waals surface area contributed by atoms with Crippen LogP contribution in [0.5, 0.6) is 0 Å². The van der Waals surface area contributed by atoms with Gasteiger partial charge in [0.1, 0.15) is 0 Å². The molecule has 2 fully saturated rings. The fourth-order valence-electron chi connectivity index (χ4n) is 4.75. The Hall–Kier alpha value is -0.860. The molecule has 0 aromatic heterocycles. The van der Waals surface area contributed by atoms with Crippen molar-refractivity contribution < 1.29 is 0 Å². The summed E-state index contributed by atoms with van der Waals surface area (Å²) >= 11 is 4.58. The van der Waals surface area contributed by atoms with Crippen LogP contribution in [0.2, 0.25) is 0 Å². The minimum absolute atomic E-state index is 0.554. The molecule has 2 heteroatoms. The summed E-state index contributed by atoms with van der Waals surface area (Å²) < 4.78 is 0. The average molecular weight is 411 g/mol. The first-order valence-electron chi connectivity index (χ1n) is 11.3. The van der Waals surface area contributed by atoms with E-state index in [2.05, 4.69) is 84.2 Å². The first-order valence-corrected chi connectivity index (χ1v) is 13.2. The van der Waals surface area contributed by atoms with Crippen molar-refractivity contribution in [3.8, 4) is 0 Å². The van der Waals surface area contributed by atoms with Gasteiger partial charge in [-0.25, -0.2) is 0 Å². The molecule has 0 heterocycles. The van der Waals surface area contributed by atoms with E-state index in [0.29, 0.717) is 10.5 Å². The van der Waals surface area contributed by atoms with Gasteiger partial charge < -0.3 is 0 Å². The molecule has 0 saturated heterocycles. The van der Waals surface area contributed by atoms with Crippen LogP contribution < -0.4 is 0 Å². The third kappa shape index (κ3) is 5.60. The van der Waals surface area contributed by atoms with Crippen LogP contribution in [-0.4, -0.2) is 10.5 Å². The molecular weight excluding hydrogens is 376 g/mol. The minimum atomic E-state index is 0.554. The normalized spacial score (nSPS) is 21.3. The van der Waals surface area contributed by atoms with E-state index in [1.54, 1.807) is 0 Å². The Labute approximate surface area is 180 Å². The van der Waals surface area contributed by atoms with Crippen molar-refractivity contribution in [2.24, 2.45) is 0 Å². The molecule has 0 unspecified atom stereocenters. The molecule has 0 nitrogen and oxygen atoms in total. The lowest BCUT2D eigenvalue weighted by Gasteiger charge is -2.35. The van der Waals surface area contributed by atoms with E-state index in [9.17, 15) is 0 Å². The highest BCUT2D eigenvalue weighted by atomic mass is 32.2. The third-order valence-electron chi connectivity index (χ3n) is 6.31. The molecule has 2 aromatic carbocycles. The predicted molar refractivity (Wildman–Crippen MR) is 127 cm³/mol. The smallest absolute Gasteiger partial charge is 0.0459 e. The molecule has 0 radical (unpaired) electrons. The molecule has 2 aromatic rings. The Balaban J connectivity index is 1.62. The monoisotopic (exact) mass is 410 g/mol. The van der Waals surface area contributed by atoms with E-state index in [-0.39, 0.29) is 0 Å². The molecule has 4 rings (SSSR count). The summed E-state index contributed by atoms with van der Waals surface area (Å²) in [5.41, 5.74) is 3.05. The van der Waals surface area contributed by atoms with E-state index in [0.717, 1.165) is 10.5 Å². The van der Waals surface area contributed by atoms with Crippen LogP contribution in [0.1, 0.15) is 85.8 Å². The summed E-state index contributed by atoms with van der Waals surface area (Å²) in [6.07, 6.45) is 14.2. The quantitative estimate of drug-likeness (QED) is 0.448. The zero-order valence-electron chi connectivity index (χ0n) is 17.0. The number of rotatable bonds is 7. The average Bonchev–Trinajstić information content (AvgIpc) is 2.79. The summed E-state index contributed by atoms with van der Waals surface area (Å²) in [6, 6.07) is 22.8. The lowest BCUT2D eigenvalue weighted by atomic mass is 10.0. The van der Waals surface area contributed by atoms with Gasteiger partial charge in [-0.2, -0.15) is 0 Å². The maximum absolute atomic E-state index is 2.37. The fraction of sp³-hybridized carbons (Fsp3) is 0.538. The molecule has 0 bridgehead atoms. The zero-order valence-corrected chi connectivity index (χ0v) is 18.6. The van der Waals surface area contributed by atoms with Gasteiger partial charge >= 0.3 is 0 Å². The summed E-state index contributed by atoms with van der Waals surface area (Å²) in [5, 5.41) is 2.77. The largest absolute Gasteiger partial charge is 0.149 e. The van der Waals surface area contributed by atoms with E-state index in [1.165, 1.54) is 75.3 Å². The Morgan fingerprint density at radius 3 is 1.21 bits per heavy atom. The Morgan fingerprint density at radius 1 is 0.500 bits per heavy atom. The molecule has 28 heavy (non-hydrogen) atoms. The summed E-state index contributed by atoms with van der Waals surface area (Å²) in [5.74, 6) is 0. The predicted octanol–water partition coefficient (Wildman–Crippen LogP) is 8.60. The molecule has 2 atom stereocenters. The first-order chi connectivity index (χ1) is 13.9. The van der Waals surface area contributed by atoms with E-state index in [1.807, 2.05) is 0 Å². The van der Waals surface area contributed by atoms with Crippen LogP contribution >= 0.6 is 23.5 Å². The van der Waals surface area contributed by atoms with Crippen LogP contribution in [0.4, 0.5) is 0 Å². The molecule has 2 saturated carbocycles. The third-order valence-corrected chi connectivity index (χ3v) is 9.87. The highest BCUT2D eigenvalue weighted by molar-refractivity contribution is 8.03. The number of hydrogen-bond acceptors (Lipinski definition) is 2. The van der Waals surface area contributed by atoms with Gasteiger partial charge in [0, 0.05) is 21.0 Å².